The van der Waals surface area contributed by atoms with Crippen LogP contribution in [-0.4, -0.2) is 18.9 Å². The zero-order valence-corrected chi connectivity index (χ0v) is 16.8. The molecule has 146 valence electrons. The molecule has 28 heavy (non-hydrogen) atoms. The van der Waals surface area contributed by atoms with Gasteiger partial charge in [-0.2, -0.15) is 4.99 Å². The summed E-state index contributed by atoms with van der Waals surface area (Å²) in [5.41, 5.74) is 1.70. The second-order valence-electron chi connectivity index (χ2n) is 6.28. The molecule has 0 saturated heterocycles. The highest BCUT2D eigenvalue weighted by Gasteiger charge is 2.17. The summed E-state index contributed by atoms with van der Waals surface area (Å²) < 4.78 is 39.1. The summed E-state index contributed by atoms with van der Waals surface area (Å²) in [6.45, 7) is 3.55. The molecule has 3 rings (SSSR count). The quantitative estimate of drug-likeness (QED) is 0.704. The number of benzene rings is 2. The number of nitrogens with two attached hydrogens (primary N) is 1. The molecule has 0 aliphatic carbocycles. The van der Waals surface area contributed by atoms with E-state index in [1.54, 1.807) is 54.3 Å². The smallest absolute Gasteiger partial charge is 0.279 e. The lowest BCUT2D eigenvalue weighted by Crippen LogP contribution is -2.18. The molecule has 0 unspecified atom stereocenters. The topological polar surface area (TPSA) is 94.5 Å². The van der Waals surface area contributed by atoms with Crippen molar-refractivity contribution in [2.24, 2.45) is 10.1 Å². The molecule has 0 saturated carbocycles. The van der Waals surface area contributed by atoms with E-state index in [0.29, 0.717) is 21.5 Å². The molecule has 3 aromatic rings. The van der Waals surface area contributed by atoms with Crippen molar-refractivity contribution in [2.45, 2.75) is 25.3 Å². The molecule has 2 aromatic carbocycles. The maximum atomic E-state index is 13.9. The number of nitrogens with zero attached hydrogens (tertiary/aromatic N) is 2. The average molecular weight is 420 g/mol. The van der Waals surface area contributed by atoms with E-state index < -0.39 is 15.9 Å². The van der Waals surface area contributed by atoms with Crippen LogP contribution in [-0.2, 0) is 16.6 Å². The molecule has 0 bridgehead atoms. The molecule has 2 N–H and O–H groups in total. The van der Waals surface area contributed by atoms with Gasteiger partial charge in [0.2, 0.25) is 10.0 Å². The highest BCUT2D eigenvalue weighted by atomic mass is 32.2. The van der Waals surface area contributed by atoms with Crippen LogP contribution in [0.3, 0.4) is 0 Å². The number of rotatable bonds is 4. The minimum Gasteiger partial charge on any atom is -0.319 e. The number of carbonyl (C=O) groups is 1. The van der Waals surface area contributed by atoms with Gasteiger partial charge in [-0.3, -0.25) is 4.79 Å². The number of hydrogen-bond donors (Lipinski definition) is 1. The molecule has 0 radical (unpaired) electrons. The number of sulfonamides is 1. The van der Waals surface area contributed by atoms with Crippen molar-refractivity contribution in [3.8, 4) is 0 Å². The van der Waals surface area contributed by atoms with E-state index >= 15 is 0 Å². The van der Waals surface area contributed by atoms with E-state index in [-0.39, 0.29) is 22.8 Å². The Bertz CT molecular complexity index is 1230. The average Bonchev–Trinajstić information content (AvgIpc) is 3.05. The molecular weight excluding hydrogens is 401 g/mol. The van der Waals surface area contributed by atoms with Crippen LogP contribution in [0.25, 0.3) is 0 Å². The minimum absolute atomic E-state index is 0.100. The fraction of sp³-hybridized carbons (Fsp3) is 0.158. The molecule has 1 amide bonds. The minimum atomic E-state index is -3.97. The zero-order chi connectivity index (χ0) is 20.5. The number of hydrogen-bond acceptors (Lipinski definition) is 4. The highest BCUT2D eigenvalue weighted by molar-refractivity contribution is 7.89. The number of aromatic nitrogens is 1. The Kier molecular flexibility index (Phi) is 5.59. The van der Waals surface area contributed by atoms with Gasteiger partial charge in [-0.25, -0.2) is 17.9 Å². The van der Waals surface area contributed by atoms with Gasteiger partial charge in [0.25, 0.3) is 5.91 Å². The lowest BCUT2D eigenvalue weighted by atomic mass is 10.1. The fourth-order valence-electron chi connectivity index (χ4n) is 2.71. The monoisotopic (exact) mass is 419 g/mol. The molecule has 0 aliphatic heterocycles. The summed E-state index contributed by atoms with van der Waals surface area (Å²) >= 11 is 1.22. The first-order valence-corrected chi connectivity index (χ1v) is 10.7. The number of carbonyl (C=O) groups excluding carboxylic acids is 1. The summed E-state index contributed by atoms with van der Waals surface area (Å²) in [5, 5.41) is 6.99. The van der Waals surface area contributed by atoms with Crippen molar-refractivity contribution in [1.29, 1.82) is 0 Å². The second kappa shape index (κ2) is 7.78. The van der Waals surface area contributed by atoms with Gasteiger partial charge >= 0.3 is 0 Å². The van der Waals surface area contributed by atoms with Crippen LogP contribution in [0, 0.1) is 19.7 Å². The Morgan fingerprint density at radius 3 is 2.64 bits per heavy atom. The molecular formula is C19H18FN3O3S2. The van der Waals surface area contributed by atoms with E-state index in [0.717, 1.165) is 0 Å². The van der Waals surface area contributed by atoms with Crippen LogP contribution >= 0.6 is 11.3 Å². The van der Waals surface area contributed by atoms with Crippen LogP contribution in [0.5, 0.6) is 0 Å². The number of amides is 1. The first-order valence-electron chi connectivity index (χ1n) is 8.27. The molecule has 0 spiro atoms. The zero-order valence-electron chi connectivity index (χ0n) is 15.2. The Morgan fingerprint density at radius 1 is 1.25 bits per heavy atom. The van der Waals surface area contributed by atoms with Crippen LogP contribution in [0.1, 0.15) is 27.0 Å². The van der Waals surface area contributed by atoms with Crippen molar-refractivity contribution in [3.63, 3.8) is 0 Å². The predicted molar refractivity (Wildman–Crippen MR) is 105 cm³/mol. The molecule has 6 nitrogen and oxygen atoms in total. The van der Waals surface area contributed by atoms with Gasteiger partial charge < -0.3 is 4.57 Å². The summed E-state index contributed by atoms with van der Waals surface area (Å²) in [6, 6.07) is 9.18. The van der Waals surface area contributed by atoms with Crippen molar-refractivity contribution in [1.82, 2.24) is 4.57 Å². The maximum Gasteiger partial charge on any atom is 0.279 e. The third kappa shape index (κ3) is 4.27. The van der Waals surface area contributed by atoms with Gasteiger partial charge in [0, 0.05) is 22.7 Å². The van der Waals surface area contributed by atoms with E-state index in [9.17, 15) is 17.6 Å². The molecule has 0 atom stereocenters. The lowest BCUT2D eigenvalue weighted by Gasteiger charge is -2.09. The summed E-state index contributed by atoms with van der Waals surface area (Å²) in [7, 11) is -3.97. The molecule has 1 heterocycles. The third-order valence-corrected chi connectivity index (χ3v) is 6.16. The predicted octanol–water partition coefficient (Wildman–Crippen LogP) is 2.74. The van der Waals surface area contributed by atoms with E-state index in [1.807, 2.05) is 0 Å². The number of halogens is 1. The normalized spacial score (nSPS) is 12.4. The molecule has 0 aliphatic rings. The Labute approximate surface area is 165 Å². The summed E-state index contributed by atoms with van der Waals surface area (Å²) in [6.07, 6.45) is 1.71. The van der Waals surface area contributed by atoms with Crippen molar-refractivity contribution < 1.29 is 17.6 Å². The van der Waals surface area contributed by atoms with Crippen LogP contribution in [0.15, 0.2) is 57.9 Å². The first-order chi connectivity index (χ1) is 13.2. The van der Waals surface area contributed by atoms with Crippen molar-refractivity contribution in [2.75, 3.05) is 0 Å². The first kappa shape index (κ1) is 20.1. The van der Waals surface area contributed by atoms with E-state index in [4.69, 9.17) is 5.14 Å². The summed E-state index contributed by atoms with van der Waals surface area (Å²) in [5.74, 6) is -0.942. The third-order valence-electron chi connectivity index (χ3n) is 4.33. The maximum absolute atomic E-state index is 13.9. The lowest BCUT2D eigenvalue weighted by molar-refractivity contribution is 0.0997. The van der Waals surface area contributed by atoms with Gasteiger partial charge in [0.1, 0.15) is 5.82 Å². The van der Waals surface area contributed by atoms with Gasteiger partial charge in [-0.15, -0.1) is 11.3 Å². The van der Waals surface area contributed by atoms with Crippen LogP contribution < -0.4 is 9.94 Å². The molecule has 1 aromatic heterocycles. The van der Waals surface area contributed by atoms with Crippen LogP contribution in [0.4, 0.5) is 4.39 Å². The number of primary sulfonamides is 1. The Morgan fingerprint density at radius 2 is 1.96 bits per heavy atom. The van der Waals surface area contributed by atoms with Crippen LogP contribution in [0.2, 0.25) is 0 Å². The van der Waals surface area contributed by atoms with E-state index in [1.165, 1.54) is 23.5 Å². The standard InChI is InChI=1S/C19H18FN3O3S2/c1-12-9-15(10-17(13(12)2)28(21,25)26)18(24)22-19-23(7-8-27-19)11-14-5-3-4-6-16(14)20/h3-10H,11H2,1-2H3,(H2,21,25,26). The number of aryl methyl sites for hydroxylation is 1. The Balaban J connectivity index is 2.00. The summed E-state index contributed by atoms with van der Waals surface area (Å²) in [4.78, 5) is 17.0. The van der Waals surface area contributed by atoms with Crippen molar-refractivity contribution >= 4 is 27.3 Å². The van der Waals surface area contributed by atoms with Crippen molar-refractivity contribution in [3.05, 3.63) is 80.8 Å². The van der Waals surface area contributed by atoms with Gasteiger partial charge in [0.05, 0.1) is 11.4 Å². The van der Waals surface area contributed by atoms with E-state index in [2.05, 4.69) is 4.99 Å². The fourth-order valence-corrected chi connectivity index (χ4v) is 4.32. The molecule has 0 fully saturated rings. The highest BCUT2D eigenvalue weighted by Crippen LogP contribution is 2.20. The Hall–Kier alpha value is -2.62. The molecule has 9 heteroatoms. The SMILES string of the molecule is Cc1cc(C(=O)N=c2sccn2Cc2ccccc2F)cc(S(N)(=O)=O)c1C. The van der Waals surface area contributed by atoms with Gasteiger partial charge in [-0.05, 0) is 43.2 Å². The van der Waals surface area contributed by atoms with Gasteiger partial charge in [0.15, 0.2) is 4.80 Å². The largest absolute Gasteiger partial charge is 0.319 e. The van der Waals surface area contributed by atoms with Gasteiger partial charge in [-0.1, -0.05) is 18.2 Å². The second-order valence-corrected chi connectivity index (χ2v) is 8.69. The number of thiazole rings is 1.